The first-order chi connectivity index (χ1) is 22.2. The molecule has 2 saturated carbocycles. The molecule has 2 N–H and O–H groups in total. The highest BCUT2D eigenvalue weighted by Gasteiger charge is 2.48. The Bertz CT molecular complexity index is 1540. The minimum Gasteiger partial charge on any atom is -0.445 e. The van der Waals surface area contributed by atoms with Crippen LogP contribution in [0.1, 0.15) is 79.6 Å². The molecule has 2 aliphatic carbocycles. The Kier molecular flexibility index (Phi) is 8.60. The van der Waals surface area contributed by atoms with Crippen molar-refractivity contribution >= 4 is 17.8 Å². The Balaban J connectivity index is 1.19. The second kappa shape index (κ2) is 12.8. The van der Waals surface area contributed by atoms with Crippen molar-refractivity contribution in [3.63, 3.8) is 0 Å². The molecule has 10 nitrogen and oxygen atoms in total. The number of rotatable bonds is 10. The van der Waals surface area contributed by atoms with Crippen LogP contribution < -0.4 is 10.6 Å². The van der Waals surface area contributed by atoms with Crippen molar-refractivity contribution in [2.45, 2.75) is 76.1 Å². The fourth-order valence-corrected chi connectivity index (χ4v) is 7.19. The minimum absolute atomic E-state index is 0.0148. The molecule has 4 aliphatic rings. The number of amides is 2. The second-order valence-corrected chi connectivity index (χ2v) is 13.3. The van der Waals surface area contributed by atoms with Gasteiger partial charge in [0.15, 0.2) is 0 Å². The molecule has 1 aromatic carbocycles. The van der Waals surface area contributed by atoms with Crippen molar-refractivity contribution in [1.29, 1.82) is 0 Å². The number of carbonyl (C=O) groups is 2. The molecule has 0 bridgehead atoms. The molecule has 246 valence electrons. The monoisotopic (exact) mass is 640 g/mol. The molecule has 0 spiro atoms. The number of hydrogen-bond donors (Lipinski definition) is 2. The summed E-state index contributed by atoms with van der Waals surface area (Å²) in [5.74, 6) is -1.37. The number of aromatic nitrogens is 4. The number of hydrogen-bond acceptors (Lipinski definition) is 7. The van der Waals surface area contributed by atoms with E-state index < -0.39 is 42.6 Å². The number of carbonyl (C=O) groups excluding carboxylic acids is 2. The molecule has 2 aromatic heterocycles. The maximum Gasteiger partial charge on any atom is 0.408 e. The van der Waals surface area contributed by atoms with Gasteiger partial charge in [-0.1, -0.05) is 30.3 Å². The molecule has 46 heavy (non-hydrogen) atoms. The molecule has 3 atom stereocenters. The van der Waals surface area contributed by atoms with Gasteiger partial charge in [-0.15, -0.1) is 0 Å². The summed E-state index contributed by atoms with van der Waals surface area (Å²) in [6.45, 7) is 0.816. The van der Waals surface area contributed by atoms with E-state index in [0.29, 0.717) is 60.8 Å². The van der Waals surface area contributed by atoms with Gasteiger partial charge < -0.3 is 20.1 Å². The van der Waals surface area contributed by atoms with Crippen LogP contribution in [0.2, 0.25) is 0 Å². The second-order valence-electron chi connectivity index (χ2n) is 13.3. The molecule has 4 fully saturated rings. The quantitative estimate of drug-likeness (QED) is 0.310. The van der Waals surface area contributed by atoms with E-state index >= 15 is 0 Å². The summed E-state index contributed by atoms with van der Waals surface area (Å²) in [5, 5.41) is 10.4. The Hall–Kier alpha value is -3.74. The van der Waals surface area contributed by atoms with Crippen LogP contribution >= 0.6 is 0 Å². The summed E-state index contributed by atoms with van der Waals surface area (Å²) in [6.07, 6.45) is 2.38. The Morgan fingerprint density at radius 2 is 1.78 bits per heavy atom. The van der Waals surface area contributed by atoms with Gasteiger partial charge in [0.1, 0.15) is 6.61 Å². The molecule has 4 heterocycles. The van der Waals surface area contributed by atoms with Crippen LogP contribution in [0.25, 0.3) is 5.78 Å². The van der Waals surface area contributed by atoms with Gasteiger partial charge in [0.25, 0.3) is 5.78 Å². The van der Waals surface area contributed by atoms with Gasteiger partial charge in [-0.2, -0.15) is 18.3 Å². The maximum absolute atomic E-state index is 13.6. The largest absolute Gasteiger partial charge is 0.445 e. The summed E-state index contributed by atoms with van der Waals surface area (Å²) >= 11 is 0. The van der Waals surface area contributed by atoms with Crippen LogP contribution in [0, 0.1) is 29.6 Å². The molecule has 0 unspecified atom stereocenters. The van der Waals surface area contributed by atoms with Crippen LogP contribution in [-0.4, -0.2) is 57.5 Å². The topological polar surface area (TPSA) is 120 Å². The molecule has 0 radical (unpaired) electrons. The molecule has 3 aromatic rings. The van der Waals surface area contributed by atoms with Crippen LogP contribution in [-0.2, 0) is 27.3 Å². The first-order valence-electron chi connectivity index (χ1n) is 16.4. The lowest BCUT2D eigenvalue weighted by atomic mass is 9.84. The van der Waals surface area contributed by atoms with E-state index in [2.05, 4.69) is 10.6 Å². The van der Waals surface area contributed by atoms with Gasteiger partial charge in [-0.25, -0.2) is 19.3 Å². The lowest BCUT2D eigenvalue weighted by Crippen LogP contribution is -2.47. The van der Waals surface area contributed by atoms with Crippen molar-refractivity contribution < 1.29 is 32.2 Å². The number of nitrogens with one attached hydrogen (secondary N) is 2. The third kappa shape index (κ3) is 6.98. The van der Waals surface area contributed by atoms with E-state index in [0.717, 1.165) is 31.2 Å². The van der Waals surface area contributed by atoms with E-state index in [1.165, 1.54) is 0 Å². The summed E-state index contributed by atoms with van der Waals surface area (Å²) in [7, 11) is 0. The average molecular weight is 641 g/mol. The van der Waals surface area contributed by atoms with Gasteiger partial charge in [-0.05, 0) is 68.3 Å². The average Bonchev–Trinajstić information content (AvgIpc) is 4.00. The van der Waals surface area contributed by atoms with E-state index in [1.807, 2.05) is 30.3 Å². The first kappa shape index (κ1) is 30.9. The number of fused-ring (bicyclic) bond motifs is 1. The summed E-state index contributed by atoms with van der Waals surface area (Å²) in [4.78, 5) is 35.7. The zero-order chi connectivity index (χ0) is 31.8. The number of alkyl halides is 3. The Morgan fingerprint density at radius 1 is 1.07 bits per heavy atom. The lowest BCUT2D eigenvalue weighted by molar-refractivity contribution is -0.183. The highest BCUT2D eigenvalue weighted by Crippen LogP contribution is 2.54. The molecule has 2 saturated heterocycles. The lowest BCUT2D eigenvalue weighted by Gasteiger charge is -2.31. The van der Waals surface area contributed by atoms with Crippen molar-refractivity contribution in [2.75, 3.05) is 19.8 Å². The van der Waals surface area contributed by atoms with Crippen LogP contribution in [0.3, 0.4) is 0 Å². The maximum atomic E-state index is 13.6. The van der Waals surface area contributed by atoms with Gasteiger partial charge in [-0.3, -0.25) is 4.79 Å². The molecule has 2 aliphatic heterocycles. The van der Waals surface area contributed by atoms with E-state index in [9.17, 15) is 22.8 Å². The van der Waals surface area contributed by atoms with Gasteiger partial charge in [0.05, 0.1) is 35.2 Å². The van der Waals surface area contributed by atoms with Crippen molar-refractivity contribution in [3.05, 3.63) is 59.2 Å². The summed E-state index contributed by atoms with van der Waals surface area (Å²) < 4.78 is 53.5. The molecule has 2 amide bonds. The molecular formula is C33H39F3N6O4. The van der Waals surface area contributed by atoms with E-state index in [1.54, 1.807) is 10.7 Å². The highest BCUT2D eigenvalue weighted by molar-refractivity contribution is 5.79. The van der Waals surface area contributed by atoms with Gasteiger partial charge >= 0.3 is 12.3 Å². The number of nitrogens with zero attached hydrogens (tertiary/aromatic N) is 4. The standard InChI is InChI=1S/C33H39F3N6O4/c34-33(35,36)24-14-23(30(43)37-16-24)15-25-28(22-10-12-45-13-11-22)39-31-38-26(17-42(31)41-25)29(27(20-6-7-20)21-8-9-21)40-32(44)46-18-19-4-2-1-3-5-19/h1-5,17,20-24,27,29H,6-16,18H2,(H,37,43)(H,40,44)/t23-,24-,29-/m1/s1. The van der Waals surface area contributed by atoms with E-state index in [4.69, 9.17) is 24.5 Å². The SMILES string of the molecule is O=C(N[C@H](c1cn2nc(C[C@H]3C[C@@H](C(F)(F)F)CNC3=O)c(C3CCOCC3)nc2n1)C(C1CC1)C1CC1)OCc1ccccc1. The number of ether oxygens (including phenoxy) is 2. The summed E-state index contributed by atoms with van der Waals surface area (Å²) in [6, 6.07) is 9.08. The zero-order valence-corrected chi connectivity index (χ0v) is 25.5. The fourth-order valence-electron chi connectivity index (χ4n) is 7.19. The minimum atomic E-state index is -4.39. The molecule has 13 heteroatoms. The smallest absolute Gasteiger partial charge is 0.408 e. The predicted molar refractivity (Wildman–Crippen MR) is 159 cm³/mol. The Morgan fingerprint density at radius 3 is 2.46 bits per heavy atom. The van der Waals surface area contributed by atoms with Crippen molar-refractivity contribution in [3.8, 4) is 0 Å². The van der Waals surface area contributed by atoms with E-state index in [-0.39, 0.29) is 31.3 Å². The van der Waals surface area contributed by atoms with Gasteiger partial charge in [0.2, 0.25) is 5.91 Å². The normalized spacial score (nSPS) is 23.3. The predicted octanol–water partition coefficient (Wildman–Crippen LogP) is 5.28. The molecular weight excluding hydrogens is 601 g/mol. The van der Waals surface area contributed by atoms with Crippen molar-refractivity contribution in [1.82, 2.24) is 30.2 Å². The zero-order valence-electron chi connectivity index (χ0n) is 25.5. The number of imidazole rings is 1. The number of benzene rings is 1. The fraction of sp³-hybridized carbons (Fsp3) is 0.606. The Labute approximate surface area is 264 Å². The van der Waals surface area contributed by atoms with Crippen molar-refractivity contribution in [2.24, 2.45) is 29.6 Å². The molecule has 7 rings (SSSR count). The third-order valence-electron chi connectivity index (χ3n) is 9.93. The number of halogens is 3. The van der Waals surface area contributed by atoms with Gasteiger partial charge in [0, 0.05) is 38.0 Å². The third-order valence-corrected chi connectivity index (χ3v) is 9.93. The number of alkyl carbamates (subject to hydrolysis) is 1. The summed E-state index contributed by atoms with van der Waals surface area (Å²) in [5.41, 5.74) is 2.67. The first-order valence-corrected chi connectivity index (χ1v) is 16.4. The number of piperidine rings is 1. The highest BCUT2D eigenvalue weighted by atomic mass is 19.4. The van der Waals surface area contributed by atoms with Crippen LogP contribution in [0.15, 0.2) is 36.5 Å². The van der Waals surface area contributed by atoms with Crippen LogP contribution in [0.4, 0.5) is 18.0 Å². The van der Waals surface area contributed by atoms with Crippen LogP contribution in [0.5, 0.6) is 0 Å².